The van der Waals surface area contributed by atoms with Crippen molar-refractivity contribution in [1.29, 1.82) is 0 Å². The fourth-order valence-corrected chi connectivity index (χ4v) is 4.43. The molecule has 0 saturated carbocycles. The molecule has 3 N–H and O–H groups in total. The summed E-state index contributed by atoms with van der Waals surface area (Å²) in [6.45, 7) is 13.4. The van der Waals surface area contributed by atoms with Crippen molar-refractivity contribution >= 4 is 11.7 Å². The summed E-state index contributed by atoms with van der Waals surface area (Å²) in [5.41, 5.74) is 6.06. The van der Waals surface area contributed by atoms with Crippen LogP contribution < -0.4 is 10.6 Å². The maximum absolute atomic E-state index is 12.5. The van der Waals surface area contributed by atoms with E-state index in [1.165, 1.54) is 11.1 Å². The van der Waals surface area contributed by atoms with E-state index in [4.69, 9.17) is 0 Å². The van der Waals surface area contributed by atoms with Crippen molar-refractivity contribution in [1.82, 2.24) is 5.32 Å². The molecule has 0 aliphatic heterocycles. The van der Waals surface area contributed by atoms with E-state index in [1.54, 1.807) is 0 Å². The summed E-state index contributed by atoms with van der Waals surface area (Å²) in [5.74, 6) is 0.407. The van der Waals surface area contributed by atoms with Gasteiger partial charge in [0.15, 0.2) is 0 Å². The summed E-state index contributed by atoms with van der Waals surface area (Å²) in [6, 6.07) is 22.4. The van der Waals surface area contributed by atoms with E-state index in [-0.39, 0.29) is 16.9 Å². The molecular formula is C32H42N2O2. The highest BCUT2D eigenvalue weighted by molar-refractivity contribution is 5.90. The Hall–Kier alpha value is -3.27. The zero-order valence-electron chi connectivity index (χ0n) is 22.7. The zero-order chi connectivity index (χ0) is 26.3. The Morgan fingerprint density at radius 1 is 0.750 bits per heavy atom. The van der Waals surface area contributed by atoms with Gasteiger partial charge in [-0.15, -0.1) is 0 Å². The molecule has 0 saturated heterocycles. The van der Waals surface area contributed by atoms with Gasteiger partial charge in [-0.05, 0) is 70.4 Å². The van der Waals surface area contributed by atoms with Crippen LogP contribution in [0.4, 0.5) is 10.5 Å². The number of anilines is 1. The van der Waals surface area contributed by atoms with E-state index < -0.39 is 0 Å². The first kappa shape index (κ1) is 27.3. The maximum Gasteiger partial charge on any atom is 0.319 e. The number of phenolic OH excluding ortho intramolecular Hbond substituents is 1. The van der Waals surface area contributed by atoms with Gasteiger partial charge in [-0.1, -0.05) is 102 Å². The molecule has 4 nitrogen and oxygen atoms in total. The van der Waals surface area contributed by atoms with Gasteiger partial charge in [-0.2, -0.15) is 0 Å². The van der Waals surface area contributed by atoms with E-state index >= 15 is 0 Å². The number of carbonyl (C=O) groups is 1. The van der Waals surface area contributed by atoms with Crippen molar-refractivity contribution in [2.45, 2.75) is 78.1 Å². The second kappa shape index (κ2) is 11.6. The molecule has 2 amide bonds. The summed E-state index contributed by atoms with van der Waals surface area (Å²) in [4.78, 5) is 12.5. The van der Waals surface area contributed by atoms with Crippen molar-refractivity contribution in [3.63, 3.8) is 0 Å². The number of hydrogen-bond acceptors (Lipinski definition) is 2. The number of rotatable bonds is 8. The van der Waals surface area contributed by atoms with Crippen molar-refractivity contribution in [2.75, 3.05) is 11.9 Å². The van der Waals surface area contributed by atoms with Crippen LogP contribution >= 0.6 is 0 Å². The third kappa shape index (κ3) is 7.61. The minimum Gasteiger partial charge on any atom is -0.507 e. The largest absolute Gasteiger partial charge is 0.507 e. The van der Waals surface area contributed by atoms with Crippen molar-refractivity contribution in [3.05, 3.63) is 94.5 Å². The first-order chi connectivity index (χ1) is 16.9. The molecule has 3 rings (SSSR count). The van der Waals surface area contributed by atoms with Crippen LogP contribution in [0.15, 0.2) is 66.7 Å². The lowest BCUT2D eigenvalue weighted by atomic mass is 9.78. The number of aromatic hydroxyl groups is 1. The standard InChI is InChI=1S/C32H42N2O2/c1-31(2,3)26-21-24(22-27(29(26)35)32(4,5)6)18-19-25-16-10-11-17-28(25)34-30(36)33-20-12-15-23-13-8-7-9-14-23/h7-11,13-14,16-17,21-22,35H,12,15,18-20H2,1-6H3,(H2,33,34,36). The Bertz CT molecular complexity index is 1120. The van der Waals surface area contributed by atoms with Crippen LogP contribution in [-0.4, -0.2) is 17.7 Å². The monoisotopic (exact) mass is 486 g/mol. The number of amides is 2. The number of urea groups is 1. The molecule has 0 aromatic heterocycles. The molecule has 0 aliphatic carbocycles. The topological polar surface area (TPSA) is 61.4 Å². The van der Waals surface area contributed by atoms with Crippen molar-refractivity contribution < 1.29 is 9.90 Å². The fraction of sp³-hybridized carbons (Fsp3) is 0.406. The van der Waals surface area contributed by atoms with Gasteiger partial charge in [-0.25, -0.2) is 4.79 Å². The molecule has 4 heteroatoms. The Kier molecular flexibility index (Phi) is 8.84. The summed E-state index contributed by atoms with van der Waals surface area (Å²) in [7, 11) is 0. The highest BCUT2D eigenvalue weighted by atomic mass is 16.3. The third-order valence-electron chi connectivity index (χ3n) is 6.50. The lowest BCUT2D eigenvalue weighted by Gasteiger charge is -2.28. The predicted octanol–water partition coefficient (Wildman–Crippen LogP) is 7.53. The van der Waals surface area contributed by atoms with Crippen molar-refractivity contribution in [3.8, 4) is 5.75 Å². The summed E-state index contributed by atoms with van der Waals surface area (Å²) in [6.07, 6.45) is 3.45. The summed E-state index contributed by atoms with van der Waals surface area (Å²) >= 11 is 0. The number of benzene rings is 3. The smallest absolute Gasteiger partial charge is 0.319 e. The Morgan fingerprint density at radius 2 is 1.33 bits per heavy atom. The average Bonchev–Trinajstić information content (AvgIpc) is 2.81. The lowest BCUT2D eigenvalue weighted by molar-refractivity contribution is 0.252. The Balaban J connectivity index is 1.65. The molecule has 0 spiro atoms. The quantitative estimate of drug-likeness (QED) is 0.288. The molecule has 0 atom stereocenters. The SMILES string of the molecule is CC(C)(C)c1cc(CCc2ccccc2NC(=O)NCCCc2ccccc2)cc(C(C)(C)C)c1O. The number of nitrogens with one attached hydrogen (secondary N) is 2. The number of carbonyl (C=O) groups excluding carboxylic acids is 1. The molecular weight excluding hydrogens is 444 g/mol. The first-order valence-electron chi connectivity index (χ1n) is 13.0. The molecule has 3 aromatic rings. The van der Waals surface area contributed by atoms with Gasteiger partial charge in [0.1, 0.15) is 5.75 Å². The number of hydrogen-bond donors (Lipinski definition) is 3. The molecule has 192 valence electrons. The van der Waals surface area contributed by atoms with E-state index in [0.29, 0.717) is 12.3 Å². The van der Waals surface area contributed by atoms with Crippen LogP contribution in [0.25, 0.3) is 0 Å². The first-order valence-corrected chi connectivity index (χ1v) is 13.0. The number of para-hydroxylation sites is 1. The van der Waals surface area contributed by atoms with Crippen molar-refractivity contribution in [2.24, 2.45) is 0 Å². The van der Waals surface area contributed by atoms with Gasteiger partial charge < -0.3 is 15.7 Å². The highest BCUT2D eigenvalue weighted by Crippen LogP contribution is 2.40. The predicted molar refractivity (Wildman–Crippen MR) is 151 cm³/mol. The van der Waals surface area contributed by atoms with Crippen LogP contribution in [0.1, 0.15) is 75.8 Å². The third-order valence-corrected chi connectivity index (χ3v) is 6.50. The van der Waals surface area contributed by atoms with Gasteiger partial charge in [-0.3, -0.25) is 0 Å². The Morgan fingerprint density at radius 3 is 1.94 bits per heavy atom. The van der Waals surface area contributed by atoms with Gasteiger partial charge in [0.05, 0.1) is 0 Å². The van der Waals surface area contributed by atoms with Gasteiger partial charge >= 0.3 is 6.03 Å². The molecule has 36 heavy (non-hydrogen) atoms. The fourth-order valence-electron chi connectivity index (χ4n) is 4.43. The van der Waals surface area contributed by atoms with Gasteiger partial charge in [0, 0.05) is 12.2 Å². The second-order valence-corrected chi connectivity index (χ2v) is 11.7. The minimum absolute atomic E-state index is 0.155. The highest BCUT2D eigenvalue weighted by Gasteiger charge is 2.26. The van der Waals surface area contributed by atoms with Crippen LogP contribution in [-0.2, 0) is 30.1 Å². The molecule has 0 radical (unpaired) electrons. The maximum atomic E-state index is 12.5. The molecule has 0 heterocycles. The molecule has 0 aliphatic rings. The summed E-state index contributed by atoms with van der Waals surface area (Å²) in [5, 5.41) is 17.0. The van der Waals surface area contributed by atoms with E-state index in [2.05, 4.69) is 82.5 Å². The van der Waals surface area contributed by atoms with Crippen LogP contribution in [0.5, 0.6) is 5.75 Å². The average molecular weight is 487 g/mol. The molecule has 0 bridgehead atoms. The van der Waals surface area contributed by atoms with E-state index in [1.807, 2.05) is 36.4 Å². The Labute approximate surface area is 217 Å². The molecule has 0 unspecified atom stereocenters. The normalized spacial score (nSPS) is 11.8. The molecule has 0 fully saturated rings. The van der Waals surface area contributed by atoms with Gasteiger partial charge in [0.25, 0.3) is 0 Å². The van der Waals surface area contributed by atoms with Gasteiger partial charge in [0.2, 0.25) is 0 Å². The van der Waals surface area contributed by atoms with E-state index in [9.17, 15) is 9.90 Å². The summed E-state index contributed by atoms with van der Waals surface area (Å²) < 4.78 is 0. The lowest BCUT2D eigenvalue weighted by Crippen LogP contribution is -2.30. The molecule has 3 aromatic carbocycles. The van der Waals surface area contributed by atoms with Crippen LogP contribution in [0, 0.1) is 0 Å². The van der Waals surface area contributed by atoms with E-state index in [0.717, 1.165) is 48.1 Å². The number of aryl methyl sites for hydroxylation is 3. The second-order valence-electron chi connectivity index (χ2n) is 11.7. The van der Waals surface area contributed by atoms with Crippen LogP contribution in [0.3, 0.4) is 0 Å². The zero-order valence-corrected chi connectivity index (χ0v) is 22.7. The number of phenols is 1. The minimum atomic E-state index is -0.176. The van der Waals surface area contributed by atoms with Crippen LogP contribution in [0.2, 0.25) is 0 Å².